The molecule has 0 fully saturated rings. The lowest BCUT2D eigenvalue weighted by atomic mass is 10.1. The predicted molar refractivity (Wildman–Crippen MR) is 251 cm³/mol. The number of anilines is 3. The van der Waals surface area contributed by atoms with Gasteiger partial charge in [0.25, 0.3) is 0 Å². The molecule has 0 atom stereocenters. The van der Waals surface area contributed by atoms with Crippen LogP contribution in [0.4, 0.5) is 17.3 Å². The minimum absolute atomic E-state index is 0.548. The maximum atomic E-state index is 6.26. The van der Waals surface area contributed by atoms with E-state index in [9.17, 15) is 0 Å². The molecule has 0 N–H and O–H groups in total. The lowest BCUT2D eigenvalue weighted by Gasteiger charge is -2.25. The average molecular weight is 809 g/mol. The van der Waals surface area contributed by atoms with E-state index in [1.807, 2.05) is 29.5 Å². The van der Waals surface area contributed by atoms with Gasteiger partial charge in [-0.1, -0.05) is 103 Å². The number of benzene rings is 8. The number of nitrogens with zero attached hydrogens (tertiary/aromatic N) is 4. The molecular formula is C51H28N4OS3. The zero-order chi connectivity index (χ0) is 38.6. The van der Waals surface area contributed by atoms with Gasteiger partial charge in [0.1, 0.15) is 11.2 Å². The fourth-order valence-corrected chi connectivity index (χ4v) is 12.1. The van der Waals surface area contributed by atoms with Crippen molar-refractivity contribution in [1.29, 1.82) is 0 Å². The van der Waals surface area contributed by atoms with Crippen LogP contribution < -0.4 is 4.90 Å². The fraction of sp³-hybridized carbons (Fsp3) is 0. The van der Waals surface area contributed by atoms with Gasteiger partial charge in [-0.2, -0.15) is 9.97 Å². The Hall–Kier alpha value is -6.97. The molecule has 8 aromatic carbocycles. The van der Waals surface area contributed by atoms with E-state index >= 15 is 0 Å². The van der Waals surface area contributed by atoms with E-state index in [1.54, 1.807) is 22.7 Å². The first-order valence-corrected chi connectivity index (χ1v) is 21.9. The number of hydrogen-bond donors (Lipinski definition) is 0. The van der Waals surface area contributed by atoms with Gasteiger partial charge in [0.15, 0.2) is 11.6 Å². The summed E-state index contributed by atoms with van der Waals surface area (Å²) in [5, 5.41) is 9.40. The van der Waals surface area contributed by atoms with Gasteiger partial charge in [-0.25, -0.2) is 4.98 Å². The van der Waals surface area contributed by atoms with Crippen LogP contribution in [0.25, 0.3) is 105 Å². The van der Waals surface area contributed by atoms with Crippen LogP contribution >= 0.6 is 34.0 Å². The van der Waals surface area contributed by atoms with Crippen LogP contribution in [-0.2, 0) is 0 Å². The molecular weight excluding hydrogens is 781 g/mol. The predicted octanol–water partition coefficient (Wildman–Crippen LogP) is 15.7. The summed E-state index contributed by atoms with van der Waals surface area (Å²) in [5.41, 5.74) is 5.54. The average Bonchev–Trinajstić information content (AvgIpc) is 4.06. The van der Waals surface area contributed by atoms with E-state index in [-0.39, 0.29) is 0 Å². The molecule has 0 saturated carbocycles. The smallest absolute Gasteiger partial charge is 0.238 e. The summed E-state index contributed by atoms with van der Waals surface area (Å²) >= 11 is 5.41. The second-order valence-corrected chi connectivity index (χ2v) is 18.0. The first-order valence-electron chi connectivity index (χ1n) is 19.4. The summed E-state index contributed by atoms with van der Waals surface area (Å²) in [6.45, 7) is 0. The van der Waals surface area contributed by atoms with Crippen molar-refractivity contribution in [2.24, 2.45) is 0 Å². The zero-order valence-corrected chi connectivity index (χ0v) is 33.5. The van der Waals surface area contributed by atoms with Gasteiger partial charge >= 0.3 is 0 Å². The van der Waals surface area contributed by atoms with Crippen molar-refractivity contribution in [2.75, 3.05) is 4.90 Å². The molecule has 8 heteroatoms. The Morgan fingerprint density at radius 1 is 0.373 bits per heavy atom. The van der Waals surface area contributed by atoms with Crippen molar-refractivity contribution in [3.8, 4) is 22.8 Å². The van der Waals surface area contributed by atoms with Crippen molar-refractivity contribution >= 4 is 134 Å². The molecule has 5 heterocycles. The molecule has 0 radical (unpaired) electrons. The normalized spacial score (nSPS) is 12.1. The molecule has 0 aliphatic carbocycles. The molecule has 13 aromatic rings. The number of hydrogen-bond acceptors (Lipinski definition) is 8. The summed E-state index contributed by atoms with van der Waals surface area (Å²) in [7, 11) is 0. The Labute approximate surface area is 348 Å². The number of aromatic nitrogens is 3. The topological polar surface area (TPSA) is 55.1 Å². The molecule has 13 rings (SSSR count). The van der Waals surface area contributed by atoms with Crippen LogP contribution in [0.3, 0.4) is 0 Å². The van der Waals surface area contributed by atoms with Crippen molar-refractivity contribution in [3.05, 3.63) is 170 Å². The third kappa shape index (κ3) is 5.10. The Kier molecular flexibility index (Phi) is 7.15. The van der Waals surface area contributed by atoms with Crippen molar-refractivity contribution in [2.45, 2.75) is 0 Å². The van der Waals surface area contributed by atoms with Crippen molar-refractivity contribution in [3.63, 3.8) is 0 Å². The first kappa shape index (κ1) is 33.0. The molecule has 0 bridgehead atoms. The largest absolute Gasteiger partial charge is 0.456 e. The van der Waals surface area contributed by atoms with Gasteiger partial charge in [-0.3, -0.25) is 4.90 Å². The highest BCUT2D eigenvalue weighted by molar-refractivity contribution is 7.27. The molecule has 276 valence electrons. The van der Waals surface area contributed by atoms with Crippen LogP contribution in [0, 0.1) is 0 Å². The van der Waals surface area contributed by atoms with E-state index in [2.05, 4.69) is 157 Å². The number of rotatable bonds is 5. The fourth-order valence-electron chi connectivity index (χ4n) is 8.65. The van der Waals surface area contributed by atoms with Crippen molar-refractivity contribution in [1.82, 2.24) is 15.0 Å². The summed E-state index contributed by atoms with van der Waals surface area (Å²) in [5.74, 6) is 1.74. The van der Waals surface area contributed by atoms with Gasteiger partial charge in [-0.15, -0.1) is 34.0 Å². The van der Waals surface area contributed by atoms with Gasteiger partial charge < -0.3 is 4.42 Å². The number of para-hydroxylation sites is 1. The van der Waals surface area contributed by atoms with Crippen LogP contribution in [0.2, 0.25) is 0 Å². The summed E-state index contributed by atoms with van der Waals surface area (Å²) < 4.78 is 13.6. The Morgan fingerprint density at radius 3 is 1.76 bits per heavy atom. The highest BCUT2D eigenvalue weighted by atomic mass is 32.1. The zero-order valence-electron chi connectivity index (χ0n) is 31.1. The molecule has 0 saturated heterocycles. The third-order valence-corrected chi connectivity index (χ3v) is 14.8. The standard InChI is InChI=1S/C51H28N4OS3/c1-5-18-40-31(11-1)37-27-29(24-26-41(37)56-40)49-52-50(30-23-25-34-32-12-2-6-19-42(32)58-46(34)28-30)54-51(53-49)55(38-16-10-22-45-47(38)36-14-4-8-21-44(36)57-45)39-17-9-15-35-33-13-3-7-20-43(33)59-48(35)39/h1-28H. The molecule has 0 spiro atoms. The number of fused-ring (bicyclic) bond motifs is 12. The van der Waals surface area contributed by atoms with Crippen LogP contribution in [-0.4, -0.2) is 15.0 Å². The Morgan fingerprint density at radius 2 is 0.932 bits per heavy atom. The number of furan rings is 1. The second-order valence-electron chi connectivity index (χ2n) is 14.7. The van der Waals surface area contributed by atoms with E-state index in [4.69, 9.17) is 19.4 Å². The molecule has 0 aliphatic rings. The number of thiophene rings is 3. The Balaban J connectivity index is 1.12. The lowest BCUT2D eigenvalue weighted by molar-refractivity contribution is 0.669. The molecule has 0 aliphatic heterocycles. The maximum Gasteiger partial charge on any atom is 0.238 e. The van der Waals surface area contributed by atoms with Crippen LogP contribution in [0.5, 0.6) is 0 Å². The molecule has 0 unspecified atom stereocenters. The van der Waals surface area contributed by atoms with Crippen LogP contribution in [0.15, 0.2) is 174 Å². The lowest BCUT2D eigenvalue weighted by Crippen LogP contribution is -2.15. The van der Waals surface area contributed by atoms with Crippen LogP contribution in [0.1, 0.15) is 0 Å². The first-order chi connectivity index (χ1) is 29.2. The minimum Gasteiger partial charge on any atom is -0.456 e. The van der Waals surface area contributed by atoms with Crippen molar-refractivity contribution < 1.29 is 4.42 Å². The molecule has 5 nitrogen and oxygen atoms in total. The van der Waals surface area contributed by atoms with E-state index in [0.717, 1.165) is 44.4 Å². The summed E-state index contributed by atoms with van der Waals surface area (Å²) in [4.78, 5) is 18.5. The van der Waals surface area contributed by atoms with E-state index < -0.39 is 0 Å². The monoisotopic (exact) mass is 808 g/mol. The van der Waals surface area contributed by atoms with E-state index in [1.165, 1.54) is 60.5 Å². The summed E-state index contributed by atoms with van der Waals surface area (Å²) in [6, 6.07) is 60.1. The SMILES string of the molecule is c1ccc2c(c1)oc1ccc(-c3nc(-c4ccc5c(c4)sc4ccccc45)nc(N(c4cccc5c4sc4ccccc45)c4cccc5sc6ccccc6c45)n3)cc12. The molecule has 5 aromatic heterocycles. The highest BCUT2D eigenvalue weighted by Gasteiger charge is 2.26. The van der Waals surface area contributed by atoms with E-state index in [0.29, 0.717) is 17.6 Å². The van der Waals surface area contributed by atoms with Gasteiger partial charge in [0.2, 0.25) is 5.95 Å². The maximum absolute atomic E-state index is 6.26. The van der Waals surface area contributed by atoms with Gasteiger partial charge in [0.05, 0.1) is 16.1 Å². The van der Waals surface area contributed by atoms with Gasteiger partial charge in [-0.05, 0) is 66.7 Å². The molecule has 59 heavy (non-hydrogen) atoms. The molecule has 0 amide bonds. The second kappa shape index (κ2) is 12.8. The quantitative estimate of drug-likeness (QED) is 0.173. The van der Waals surface area contributed by atoms with Gasteiger partial charge in [0, 0.05) is 77.7 Å². The minimum atomic E-state index is 0.548. The third-order valence-electron chi connectivity index (χ3n) is 11.3. The highest BCUT2D eigenvalue weighted by Crippen LogP contribution is 2.49. The summed E-state index contributed by atoms with van der Waals surface area (Å²) in [6.07, 6.45) is 0. The Bertz CT molecular complexity index is 3840.